The Morgan fingerprint density at radius 2 is 1.04 bits per heavy atom. The molecular formula is C20H42O6S. The van der Waals surface area contributed by atoms with Crippen LogP contribution in [-0.4, -0.2) is 41.5 Å². The van der Waals surface area contributed by atoms with Crippen molar-refractivity contribution in [3.63, 3.8) is 0 Å². The van der Waals surface area contributed by atoms with Crippen LogP contribution in [0.1, 0.15) is 110 Å². The van der Waals surface area contributed by atoms with Gasteiger partial charge in [-0.25, -0.2) is 0 Å². The molecule has 6 nitrogen and oxygen atoms in total. The largest absolute Gasteiger partial charge is 0.481 e. The molecule has 0 atom stereocenters. The zero-order valence-electron chi connectivity index (χ0n) is 17.2. The minimum atomic E-state index is -3.92. The smallest absolute Gasteiger partial charge is 0.303 e. The summed E-state index contributed by atoms with van der Waals surface area (Å²) in [6, 6.07) is 0. The second-order valence-electron chi connectivity index (χ2n) is 7.10. The summed E-state index contributed by atoms with van der Waals surface area (Å²) < 4.78 is 27.1. The molecule has 0 saturated carbocycles. The van der Waals surface area contributed by atoms with E-state index in [0.29, 0.717) is 6.42 Å². The third kappa shape index (κ3) is 33.4. The first kappa shape index (κ1) is 28.5. The van der Waals surface area contributed by atoms with Crippen molar-refractivity contribution in [3.8, 4) is 0 Å². The minimum absolute atomic E-state index is 0.345. The average molecular weight is 411 g/mol. The molecule has 0 unspecified atom stereocenters. The molecule has 0 aromatic heterocycles. The summed E-state index contributed by atoms with van der Waals surface area (Å²) in [7, 11) is -3.92. The highest BCUT2D eigenvalue weighted by Gasteiger charge is 1.99. The van der Waals surface area contributed by atoms with Gasteiger partial charge in [0.15, 0.2) is 0 Å². The third-order valence-electron chi connectivity index (χ3n) is 4.34. The number of aliphatic hydroxyl groups excluding tert-OH is 1. The van der Waals surface area contributed by atoms with Crippen LogP contribution in [0.2, 0.25) is 0 Å². The van der Waals surface area contributed by atoms with Gasteiger partial charge < -0.3 is 10.2 Å². The van der Waals surface area contributed by atoms with Crippen molar-refractivity contribution in [3.05, 3.63) is 0 Å². The molecule has 3 N–H and O–H groups in total. The van der Waals surface area contributed by atoms with E-state index in [1.807, 2.05) is 0 Å². The van der Waals surface area contributed by atoms with Gasteiger partial charge >= 0.3 is 5.97 Å². The minimum Gasteiger partial charge on any atom is -0.481 e. The molecule has 164 valence electrons. The molecule has 0 aromatic carbocycles. The Morgan fingerprint density at radius 1 is 0.704 bits per heavy atom. The van der Waals surface area contributed by atoms with E-state index in [2.05, 4.69) is 6.92 Å². The highest BCUT2D eigenvalue weighted by atomic mass is 32.2. The molecular weight excluding hydrogens is 368 g/mol. The highest BCUT2D eigenvalue weighted by molar-refractivity contribution is 7.85. The summed E-state index contributed by atoms with van der Waals surface area (Å²) in [5.74, 6) is -1.23. The Balaban J connectivity index is 0. The van der Waals surface area contributed by atoms with Crippen molar-refractivity contribution >= 4 is 16.1 Å². The molecule has 7 heteroatoms. The lowest BCUT2D eigenvalue weighted by Gasteiger charge is -2.03. The molecule has 27 heavy (non-hydrogen) atoms. The van der Waals surface area contributed by atoms with Crippen LogP contribution >= 0.6 is 0 Å². The van der Waals surface area contributed by atoms with Gasteiger partial charge in [0.25, 0.3) is 10.1 Å². The van der Waals surface area contributed by atoms with E-state index in [0.717, 1.165) is 12.8 Å². The van der Waals surface area contributed by atoms with E-state index < -0.39 is 28.4 Å². The molecule has 0 saturated heterocycles. The fourth-order valence-corrected chi connectivity index (χ4v) is 2.99. The number of rotatable bonds is 18. The van der Waals surface area contributed by atoms with E-state index in [9.17, 15) is 13.2 Å². The fourth-order valence-electron chi connectivity index (χ4n) is 2.76. The number of aliphatic carboxylic acids is 1. The lowest BCUT2D eigenvalue weighted by molar-refractivity contribution is -0.137. The van der Waals surface area contributed by atoms with Crippen LogP contribution in [0.3, 0.4) is 0 Å². The molecule has 0 aliphatic heterocycles. The molecule has 0 amide bonds. The van der Waals surface area contributed by atoms with Crippen molar-refractivity contribution in [2.75, 3.05) is 12.4 Å². The maximum Gasteiger partial charge on any atom is 0.303 e. The molecule has 0 radical (unpaired) electrons. The van der Waals surface area contributed by atoms with Gasteiger partial charge in [0.2, 0.25) is 0 Å². The molecule has 0 aliphatic carbocycles. The Kier molecular flexibility index (Phi) is 22.9. The standard InChI is InChI=1S/C18H36O2.C2H6O4S/c1-2-3-4-5-6-7-8-9-10-11-12-13-14-15-16-17-18(19)20;3-1-2-7(4,5)6/h2-17H2,1H3,(H,19,20);3H,1-2H2,(H,4,5,6). The lowest BCUT2D eigenvalue weighted by atomic mass is 10.0. The molecule has 0 bridgehead atoms. The summed E-state index contributed by atoms with van der Waals surface area (Å²) in [4.78, 5) is 10.3. The second-order valence-corrected chi connectivity index (χ2v) is 8.68. The van der Waals surface area contributed by atoms with Crippen LogP contribution in [-0.2, 0) is 14.9 Å². The maximum atomic E-state index is 10.3. The Morgan fingerprint density at radius 3 is 1.26 bits per heavy atom. The normalized spacial score (nSPS) is 11.1. The lowest BCUT2D eigenvalue weighted by Crippen LogP contribution is -2.06. The van der Waals surface area contributed by atoms with Crippen LogP contribution < -0.4 is 0 Å². The number of unbranched alkanes of at least 4 members (excludes halogenated alkanes) is 14. The van der Waals surface area contributed by atoms with Crippen LogP contribution in [0.5, 0.6) is 0 Å². The first-order valence-corrected chi connectivity index (χ1v) is 12.2. The monoisotopic (exact) mass is 410 g/mol. The van der Waals surface area contributed by atoms with Crippen LogP contribution in [0.15, 0.2) is 0 Å². The summed E-state index contributed by atoms with van der Waals surface area (Å²) >= 11 is 0. The van der Waals surface area contributed by atoms with Crippen LogP contribution in [0.4, 0.5) is 0 Å². The summed E-state index contributed by atoms with van der Waals surface area (Å²) in [6.07, 6.45) is 20.2. The second kappa shape index (κ2) is 21.6. The number of hydrogen-bond acceptors (Lipinski definition) is 4. The average Bonchev–Trinajstić information content (AvgIpc) is 2.57. The molecule has 0 spiro atoms. The Labute approximate surface area is 166 Å². The summed E-state index contributed by atoms with van der Waals surface area (Å²) in [5, 5.41) is 16.4. The molecule has 0 aromatic rings. The quantitative estimate of drug-likeness (QED) is 0.211. The van der Waals surface area contributed by atoms with E-state index in [4.69, 9.17) is 14.8 Å². The number of carbonyl (C=O) groups is 1. The van der Waals surface area contributed by atoms with Gasteiger partial charge in [0.05, 0.1) is 12.4 Å². The number of aliphatic hydroxyl groups is 1. The van der Waals surface area contributed by atoms with Gasteiger partial charge in [-0.05, 0) is 6.42 Å². The SMILES string of the molecule is CCCCCCCCCCCCCCCCCC(=O)O.O=S(=O)(O)CCO. The predicted octanol–water partition coefficient (Wildman–Crippen LogP) is 5.20. The van der Waals surface area contributed by atoms with Crippen molar-refractivity contribution in [2.24, 2.45) is 0 Å². The predicted molar refractivity (Wildman–Crippen MR) is 111 cm³/mol. The van der Waals surface area contributed by atoms with Crippen LogP contribution in [0, 0.1) is 0 Å². The van der Waals surface area contributed by atoms with E-state index in [1.54, 1.807) is 0 Å². The summed E-state index contributed by atoms with van der Waals surface area (Å²) in [6.45, 7) is 1.74. The van der Waals surface area contributed by atoms with Gasteiger partial charge in [-0.2, -0.15) is 8.42 Å². The van der Waals surface area contributed by atoms with E-state index in [-0.39, 0.29) is 0 Å². The van der Waals surface area contributed by atoms with Gasteiger partial charge in [-0.15, -0.1) is 0 Å². The van der Waals surface area contributed by atoms with Crippen LogP contribution in [0.25, 0.3) is 0 Å². The molecule has 0 aliphatic rings. The number of carboxylic acid groups (broad SMARTS) is 1. The highest BCUT2D eigenvalue weighted by Crippen LogP contribution is 2.13. The topological polar surface area (TPSA) is 112 Å². The van der Waals surface area contributed by atoms with E-state index >= 15 is 0 Å². The number of carboxylic acids is 1. The molecule has 0 rings (SSSR count). The fraction of sp³-hybridized carbons (Fsp3) is 0.950. The van der Waals surface area contributed by atoms with Crippen molar-refractivity contribution in [1.29, 1.82) is 0 Å². The Bertz CT molecular complexity index is 409. The molecule has 0 fully saturated rings. The van der Waals surface area contributed by atoms with Crippen molar-refractivity contribution < 1.29 is 28.0 Å². The zero-order valence-corrected chi connectivity index (χ0v) is 18.0. The molecule has 0 heterocycles. The first-order valence-electron chi connectivity index (χ1n) is 10.6. The van der Waals surface area contributed by atoms with Gasteiger partial charge in [0, 0.05) is 6.42 Å². The number of hydrogen-bond donors (Lipinski definition) is 3. The van der Waals surface area contributed by atoms with Gasteiger partial charge in [0.1, 0.15) is 0 Å². The van der Waals surface area contributed by atoms with Crippen molar-refractivity contribution in [1.82, 2.24) is 0 Å². The first-order chi connectivity index (χ1) is 12.8. The van der Waals surface area contributed by atoms with Gasteiger partial charge in [-0.3, -0.25) is 9.35 Å². The van der Waals surface area contributed by atoms with Gasteiger partial charge in [-0.1, -0.05) is 96.8 Å². The maximum absolute atomic E-state index is 10.3. The Hall–Kier alpha value is -0.660. The zero-order chi connectivity index (χ0) is 20.8. The third-order valence-corrected chi connectivity index (χ3v) is 5.04. The van der Waals surface area contributed by atoms with Crippen molar-refractivity contribution in [2.45, 2.75) is 110 Å². The summed E-state index contributed by atoms with van der Waals surface area (Å²) in [5.41, 5.74) is 0. The van der Waals surface area contributed by atoms with E-state index in [1.165, 1.54) is 83.5 Å².